The lowest BCUT2D eigenvalue weighted by atomic mass is 9.90. The maximum absolute atomic E-state index is 12.8. The van der Waals surface area contributed by atoms with E-state index in [0.717, 1.165) is 12.5 Å². The lowest BCUT2D eigenvalue weighted by molar-refractivity contribution is -0.241. The molecule has 1 aromatic rings. The molecular weight excluding hydrogens is 233 g/mol. The van der Waals surface area contributed by atoms with Crippen LogP contribution in [-0.2, 0) is 0 Å². The van der Waals surface area contributed by atoms with Gasteiger partial charge >= 0.3 is 6.18 Å². The minimum Gasteiger partial charge on any atom is -0.477 e. The zero-order valence-corrected chi connectivity index (χ0v) is 9.39. The van der Waals surface area contributed by atoms with Crippen LogP contribution in [0.4, 0.5) is 13.2 Å². The zero-order valence-electron chi connectivity index (χ0n) is 9.39. The normalized spacial score (nSPS) is 24.2. The molecule has 2 rings (SSSR count). The first kappa shape index (κ1) is 12.0. The first-order valence-corrected chi connectivity index (χ1v) is 5.12. The Bertz CT molecular complexity index is 479. The number of ether oxygens (including phenoxy) is 1. The van der Waals surface area contributed by atoms with Crippen molar-refractivity contribution in [2.75, 3.05) is 0 Å². The van der Waals surface area contributed by atoms with Gasteiger partial charge in [0.15, 0.2) is 5.78 Å². The Morgan fingerprint density at radius 2 is 2.00 bits per heavy atom. The molecule has 0 spiro atoms. The number of hydrogen-bond donors (Lipinski definition) is 0. The molecule has 1 aliphatic rings. The van der Waals surface area contributed by atoms with Crippen LogP contribution in [0.1, 0.15) is 29.3 Å². The topological polar surface area (TPSA) is 26.3 Å². The molecule has 1 unspecified atom stereocenters. The summed E-state index contributed by atoms with van der Waals surface area (Å²) in [6.45, 7) is 2.67. The lowest BCUT2D eigenvalue weighted by Gasteiger charge is -2.36. The van der Waals surface area contributed by atoms with Crippen molar-refractivity contribution in [2.24, 2.45) is 0 Å². The lowest BCUT2D eigenvalue weighted by Crippen LogP contribution is -2.51. The summed E-state index contributed by atoms with van der Waals surface area (Å²) in [7, 11) is 0. The highest BCUT2D eigenvalue weighted by Crippen LogP contribution is 2.42. The van der Waals surface area contributed by atoms with Gasteiger partial charge in [0.05, 0.1) is 12.0 Å². The summed E-state index contributed by atoms with van der Waals surface area (Å²) in [5.41, 5.74) is -1.38. The van der Waals surface area contributed by atoms with Gasteiger partial charge in [0.2, 0.25) is 5.60 Å². The van der Waals surface area contributed by atoms with Gasteiger partial charge in [-0.1, -0.05) is 11.6 Å². The average molecular weight is 244 g/mol. The van der Waals surface area contributed by atoms with E-state index < -0.39 is 24.0 Å². The van der Waals surface area contributed by atoms with Crippen LogP contribution in [0.5, 0.6) is 5.75 Å². The molecule has 1 aliphatic heterocycles. The van der Waals surface area contributed by atoms with Gasteiger partial charge in [0.25, 0.3) is 0 Å². The Morgan fingerprint density at radius 1 is 1.35 bits per heavy atom. The van der Waals surface area contributed by atoms with Crippen LogP contribution < -0.4 is 4.74 Å². The number of alkyl halides is 3. The van der Waals surface area contributed by atoms with Gasteiger partial charge in [0, 0.05) is 0 Å². The molecule has 0 aromatic heterocycles. The van der Waals surface area contributed by atoms with Gasteiger partial charge in [0.1, 0.15) is 5.75 Å². The molecule has 0 fully saturated rings. The van der Waals surface area contributed by atoms with E-state index in [4.69, 9.17) is 4.74 Å². The summed E-state index contributed by atoms with van der Waals surface area (Å²) < 4.78 is 43.3. The van der Waals surface area contributed by atoms with E-state index >= 15 is 0 Å². The van der Waals surface area contributed by atoms with Gasteiger partial charge in [-0.15, -0.1) is 0 Å². The van der Waals surface area contributed by atoms with Crippen molar-refractivity contribution in [3.05, 3.63) is 29.3 Å². The first-order chi connectivity index (χ1) is 7.73. The van der Waals surface area contributed by atoms with Gasteiger partial charge < -0.3 is 4.74 Å². The Hall–Kier alpha value is -1.52. The van der Waals surface area contributed by atoms with Crippen LogP contribution >= 0.6 is 0 Å². The SMILES string of the molecule is Cc1ccc2c(c1)C(=O)CC(C)(C(F)(F)F)O2. The number of carbonyl (C=O) groups is 1. The fourth-order valence-electron chi connectivity index (χ4n) is 1.79. The Labute approximate surface area is 96.4 Å². The fourth-order valence-corrected chi connectivity index (χ4v) is 1.79. The molecule has 2 nitrogen and oxygen atoms in total. The smallest absolute Gasteiger partial charge is 0.428 e. The first-order valence-electron chi connectivity index (χ1n) is 5.12. The third-order valence-electron chi connectivity index (χ3n) is 2.87. The van der Waals surface area contributed by atoms with Crippen molar-refractivity contribution in [3.63, 3.8) is 0 Å². The monoisotopic (exact) mass is 244 g/mol. The van der Waals surface area contributed by atoms with E-state index in [-0.39, 0.29) is 11.3 Å². The Morgan fingerprint density at radius 3 is 2.59 bits per heavy atom. The van der Waals surface area contributed by atoms with Crippen LogP contribution in [0.25, 0.3) is 0 Å². The van der Waals surface area contributed by atoms with E-state index in [1.165, 1.54) is 6.07 Å². The van der Waals surface area contributed by atoms with E-state index in [0.29, 0.717) is 0 Å². The van der Waals surface area contributed by atoms with Gasteiger partial charge in [-0.3, -0.25) is 4.79 Å². The van der Waals surface area contributed by atoms with Crippen LogP contribution in [0.3, 0.4) is 0 Å². The van der Waals surface area contributed by atoms with Crippen LogP contribution in [-0.4, -0.2) is 17.6 Å². The molecule has 0 saturated heterocycles. The van der Waals surface area contributed by atoms with Crippen molar-refractivity contribution in [3.8, 4) is 5.75 Å². The molecule has 1 atom stereocenters. The minimum absolute atomic E-state index is 0.00618. The number of benzene rings is 1. The second-order valence-electron chi connectivity index (χ2n) is 4.43. The number of aryl methyl sites for hydroxylation is 1. The molecule has 0 aliphatic carbocycles. The number of hydrogen-bond acceptors (Lipinski definition) is 2. The highest BCUT2D eigenvalue weighted by molar-refractivity contribution is 6.00. The van der Waals surface area contributed by atoms with Crippen molar-refractivity contribution in [2.45, 2.75) is 32.0 Å². The van der Waals surface area contributed by atoms with Crippen LogP contribution in [0.2, 0.25) is 0 Å². The second kappa shape index (κ2) is 3.48. The minimum atomic E-state index is -4.56. The maximum Gasteiger partial charge on any atom is 0.428 e. The number of fused-ring (bicyclic) bond motifs is 1. The van der Waals surface area contributed by atoms with Crippen LogP contribution in [0.15, 0.2) is 18.2 Å². The molecule has 17 heavy (non-hydrogen) atoms. The number of rotatable bonds is 0. The second-order valence-corrected chi connectivity index (χ2v) is 4.43. The molecule has 92 valence electrons. The molecule has 0 saturated carbocycles. The Balaban J connectivity index is 2.47. The highest BCUT2D eigenvalue weighted by Gasteiger charge is 2.56. The zero-order chi connectivity index (χ0) is 12.8. The molecule has 0 bridgehead atoms. The highest BCUT2D eigenvalue weighted by atomic mass is 19.4. The molecular formula is C12H11F3O2. The van der Waals surface area contributed by atoms with Crippen molar-refractivity contribution < 1.29 is 22.7 Å². The van der Waals surface area contributed by atoms with E-state index in [2.05, 4.69) is 0 Å². The molecule has 0 N–H and O–H groups in total. The summed E-state index contributed by atoms with van der Waals surface area (Å²) in [5.74, 6) is -0.526. The van der Waals surface area contributed by atoms with E-state index in [9.17, 15) is 18.0 Å². The maximum atomic E-state index is 12.8. The molecule has 1 aromatic carbocycles. The van der Waals surface area contributed by atoms with Crippen molar-refractivity contribution >= 4 is 5.78 Å². The van der Waals surface area contributed by atoms with E-state index in [1.807, 2.05) is 0 Å². The number of Topliss-reactive ketones (excluding diaryl/α,β-unsaturated/α-hetero) is 1. The summed E-state index contributed by atoms with van der Waals surface area (Å²) in [5, 5.41) is 0. The van der Waals surface area contributed by atoms with Gasteiger partial charge in [-0.25, -0.2) is 0 Å². The number of ketones is 1. The van der Waals surface area contributed by atoms with Crippen LogP contribution in [0, 0.1) is 6.92 Å². The van der Waals surface area contributed by atoms with Gasteiger partial charge in [-0.05, 0) is 26.0 Å². The molecule has 0 radical (unpaired) electrons. The molecule has 0 amide bonds. The predicted octanol–water partition coefficient (Wildman–Crippen LogP) is 3.28. The summed E-state index contributed by atoms with van der Waals surface area (Å²) in [6, 6.07) is 4.58. The number of halogens is 3. The van der Waals surface area contributed by atoms with Crippen molar-refractivity contribution in [1.82, 2.24) is 0 Å². The third kappa shape index (κ3) is 1.90. The Kier molecular flexibility index (Phi) is 2.45. The summed E-state index contributed by atoms with van der Waals surface area (Å²) in [4.78, 5) is 11.7. The fraction of sp³-hybridized carbons (Fsp3) is 0.417. The summed E-state index contributed by atoms with van der Waals surface area (Å²) >= 11 is 0. The average Bonchev–Trinajstić information content (AvgIpc) is 2.17. The van der Waals surface area contributed by atoms with Crippen molar-refractivity contribution in [1.29, 1.82) is 0 Å². The predicted molar refractivity (Wildman–Crippen MR) is 55.2 cm³/mol. The number of carbonyl (C=O) groups excluding carboxylic acids is 1. The largest absolute Gasteiger partial charge is 0.477 e. The molecule has 5 heteroatoms. The molecule has 1 heterocycles. The quantitative estimate of drug-likeness (QED) is 0.700. The standard InChI is InChI=1S/C12H11F3O2/c1-7-3-4-10-8(5-7)9(16)6-11(2,17-10)12(13,14)15/h3-5H,6H2,1-2H3. The van der Waals surface area contributed by atoms with Gasteiger partial charge in [-0.2, -0.15) is 13.2 Å². The summed E-state index contributed by atoms with van der Waals surface area (Å²) in [6.07, 6.45) is -5.24. The third-order valence-corrected chi connectivity index (χ3v) is 2.87. The van der Waals surface area contributed by atoms with E-state index in [1.54, 1.807) is 19.1 Å².